The highest BCUT2D eigenvalue weighted by molar-refractivity contribution is 5.37. The van der Waals surface area contributed by atoms with E-state index in [2.05, 4.69) is 30.4 Å². The summed E-state index contributed by atoms with van der Waals surface area (Å²) in [5.74, 6) is 1.92. The highest BCUT2D eigenvalue weighted by atomic mass is 16.5. The first-order chi connectivity index (χ1) is 8.31. The Morgan fingerprint density at radius 2 is 2.18 bits per heavy atom. The van der Waals surface area contributed by atoms with Crippen molar-refractivity contribution in [3.8, 4) is 5.75 Å². The van der Waals surface area contributed by atoms with E-state index in [1.54, 1.807) is 0 Å². The summed E-state index contributed by atoms with van der Waals surface area (Å²) in [6.45, 7) is 4.50. The first kappa shape index (κ1) is 11.1. The third kappa shape index (κ3) is 2.81. The third-order valence-corrected chi connectivity index (χ3v) is 3.70. The molecule has 2 fully saturated rings. The van der Waals surface area contributed by atoms with Gasteiger partial charge in [-0.1, -0.05) is 17.7 Å². The average Bonchev–Trinajstić information content (AvgIpc) is 2.98. The lowest BCUT2D eigenvalue weighted by Gasteiger charge is -2.14. The van der Waals surface area contributed by atoms with Gasteiger partial charge in [0.1, 0.15) is 5.75 Å². The Bertz CT molecular complexity index is 392. The molecule has 1 aromatic carbocycles. The van der Waals surface area contributed by atoms with Gasteiger partial charge in [-0.25, -0.2) is 0 Å². The normalized spacial score (nSPS) is 23.9. The lowest BCUT2D eigenvalue weighted by Crippen LogP contribution is -2.11. The van der Waals surface area contributed by atoms with E-state index in [9.17, 15) is 0 Å². The Labute approximate surface area is 103 Å². The van der Waals surface area contributed by atoms with E-state index in [1.807, 2.05) is 0 Å². The zero-order chi connectivity index (χ0) is 11.7. The van der Waals surface area contributed by atoms with Crippen LogP contribution in [0, 0.1) is 12.8 Å². The number of hydrogen-bond acceptors (Lipinski definition) is 2. The van der Waals surface area contributed by atoms with Gasteiger partial charge in [0, 0.05) is 0 Å². The van der Waals surface area contributed by atoms with Gasteiger partial charge in [-0.15, -0.1) is 0 Å². The number of benzene rings is 1. The zero-order valence-corrected chi connectivity index (χ0v) is 10.5. The average molecular weight is 231 g/mol. The molecular weight excluding hydrogens is 210 g/mol. The molecule has 0 amide bonds. The maximum absolute atomic E-state index is 6.00. The lowest BCUT2D eigenvalue weighted by molar-refractivity contribution is 0.298. The fourth-order valence-electron chi connectivity index (χ4n) is 2.55. The topological polar surface area (TPSA) is 21.3 Å². The van der Waals surface area contributed by atoms with Gasteiger partial charge in [-0.2, -0.15) is 0 Å². The predicted molar refractivity (Wildman–Crippen MR) is 69.5 cm³/mol. The number of aryl methyl sites for hydroxylation is 1. The van der Waals surface area contributed by atoms with Crippen molar-refractivity contribution >= 4 is 0 Å². The van der Waals surface area contributed by atoms with E-state index in [-0.39, 0.29) is 0 Å². The Morgan fingerprint density at radius 1 is 1.29 bits per heavy atom. The van der Waals surface area contributed by atoms with E-state index in [0.717, 1.165) is 24.6 Å². The molecule has 0 radical (unpaired) electrons. The number of rotatable bonds is 4. The van der Waals surface area contributed by atoms with Gasteiger partial charge in [0.15, 0.2) is 0 Å². The van der Waals surface area contributed by atoms with Crippen LogP contribution in [0.3, 0.4) is 0 Å². The molecule has 3 rings (SSSR count). The van der Waals surface area contributed by atoms with Gasteiger partial charge < -0.3 is 10.1 Å². The quantitative estimate of drug-likeness (QED) is 0.860. The minimum Gasteiger partial charge on any atom is -0.490 e. The molecule has 92 valence electrons. The third-order valence-electron chi connectivity index (χ3n) is 3.70. The highest BCUT2D eigenvalue weighted by Gasteiger charge is 2.25. The molecule has 2 nitrogen and oxygen atoms in total. The minimum atomic E-state index is 0.498. The van der Waals surface area contributed by atoms with Gasteiger partial charge in [0.25, 0.3) is 0 Å². The molecule has 1 N–H and O–H groups in total. The summed E-state index contributed by atoms with van der Waals surface area (Å²) in [7, 11) is 0. The van der Waals surface area contributed by atoms with Crippen molar-refractivity contribution in [3.05, 3.63) is 29.3 Å². The molecule has 1 aliphatic carbocycles. The Morgan fingerprint density at radius 3 is 2.88 bits per heavy atom. The van der Waals surface area contributed by atoms with Crippen LogP contribution in [0.5, 0.6) is 5.75 Å². The van der Waals surface area contributed by atoms with Crippen LogP contribution < -0.4 is 10.1 Å². The van der Waals surface area contributed by atoms with Crippen LogP contribution in [0.4, 0.5) is 0 Å². The molecule has 17 heavy (non-hydrogen) atoms. The van der Waals surface area contributed by atoms with Gasteiger partial charge in [0.2, 0.25) is 0 Å². The fourth-order valence-corrected chi connectivity index (χ4v) is 2.55. The molecule has 2 aliphatic rings. The van der Waals surface area contributed by atoms with Gasteiger partial charge in [-0.05, 0) is 63.2 Å². The minimum absolute atomic E-state index is 0.498. The first-order valence-corrected chi connectivity index (χ1v) is 6.78. The summed E-state index contributed by atoms with van der Waals surface area (Å²) in [5.41, 5.74) is 2.75. The Balaban J connectivity index is 1.76. The molecule has 1 atom stereocenters. The lowest BCUT2D eigenvalue weighted by atomic mass is 9.97. The van der Waals surface area contributed by atoms with Crippen molar-refractivity contribution in [3.63, 3.8) is 0 Å². The predicted octanol–water partition coefficient (Wildman–Crippen LogP) is 2.69. The highest BCUT2D eigenvalue weighted by Crippen LogP contribution is 2.31. The summed E-state index contributed by atoms with van der Waals surface area (Å²) in [6, 6.07) is 6.62. The number of hydrogen-bond donors (Lipinski definition) is 1. The fraction of sp³-hybridized carbons (Fsp3) is 0.600. The van der Waals surface area contributed by atoms with Crippen molar-refractivity contribution < 1.29 is 4.74 Å². The second-order valence-corrected chi connectivity index (χ2v) is 5.49. The molecule has 1 saturated carbocycles. The monoisotopic (exact) mass is 231 g/mol. The van der Waals surface area contributed by atoms with Crippen molar-refractivity contribution in [2.24, 2.45) is 5.92 Å². The molecule has 1 aromatic rings. The van der Waals surface area contributed by atoms with Crippen LogP contribution in [0.25, 0.3) is 0 Å². The number of nitrogens with one attached hydrogen (secondary N) is 1. The summed E-state index contributed by atoms with van der Waals surface area (Å²) < 4.78 is 6.00. The first-order valence-electron chi connectivity index (χ1n) is 6.78. The van der Waals surface area contributed by atoms with Crippen molar-refractivity contribution in [1.29, 1.82) is 0 Å². The Hall–Kier alpha value is -1.02. The molecule has 1 saturated heterocycles. The van der Waals surface area contributed by atoms with Crippen LogP contribution in [0.15, 0.2) is 18.2 Å². The second-order valence-electron chi connectivity index (χ2n) is 5.49. The molecule has 0 bridgehead atoms. The molecule has 1 aliphatic heterocycles. The van der Waals surface area contributed by atoms with Crippen LogP contribution in [0.1, 0.15) is 30.4 Å². The van der Waals surface area contributed by atoms with E-state index < -0.39 is 0 Å². The smallest absolute Gasteiger partial charge is 0.122 e. The Kier molecular flexibility index (Phi) is 3.06. The maximum atomic E-state index is 6.00. The van der Waals surface area contributed by atoms with Gasteiger partial charge in [0.05, 0.1) is 6.10 Å². The SMILES string of the molecule is Cc1ccc(OC2CC2)c(CC2CCNC2)c1. The van der Waals surface area contributed by atoms with Crippen LogP contribution in [-0.2, 0) is 6.42 Å². The second kappa shape index (κ2) is 4.69. The van der Waals surface area contributed by atoms with E-state index >= 15 is 0 Å². The molecule has 0 spiro atoms. The van der Waals surface area contributed by atoms with E-state index in [4.69, 9.17) is 4.74 Å². The summed E-state index contributed by atoms with van der Waals surface area (Å²) in [4.78, 5) is 0. The molecule has 0 aromatic heterocycles. The van der Waals surface area contributed by atoms with Gasteiger partial charge >= 0.3 is 0 Å². The van der Waals surface area contributed by atoms with Crippen molar-refractivity contribution in [1.82, 2.24) is 5.32 Å². The van der Waals surface area contributed by atoms with Crippen molar-refractivity contribution in [2.75, 3.05) is 13.1 Å². The van der Waals surface area contributed by atoms with Crippen LogP contribution in [-0.4, -0.2) is 19.2 Å². The van der Waals surface area contributed by atoms with E-state index in [1.165, 1.54) is 36.9 Å². The molecule has 1 heterocycles. The van der Waals surface area contributed by atoms with Crippen molar-refractivity contribution in [2.45, 2.75) is 38.7 Å². The van der Waals surface area contributed by atoms with Gasteiger partial charge in [-0.3, -0.25) is 0 Å². The standard InChI is InChI=1S/C15H21NO/c1-11-2-5-15(17-14-3-4-14)13(8-11)9-12-6-7-16-10-12/h2,5,8,12,14,16H,3-4,6-7,9-10H2,1H3. The van der Waals surface area contributed by atoms with E-state index in [0.29, 0.717) is 6.10 Å². The maximum Gasteiger partial charge on any atom is 0.122 e. The summed E-state index contributed by atoms with van der Waals surface area (Å²) in [6.07, 6.45) is 5.43. The molecule has 1 unspecified atom stereocenters. The largest absolute Gasteiger partial charge is 0.490 e. The van der Waals surface area contributed by atoms with Crippen LogP contribution in [0.2, 0.25) is 0 Å². The summed E-state index contributed by atoms with van der Waals surface area (Å²) >= 11 is 0. The molecular formula is C15H21NO. The number of ether oxygens (including phenoxy) is 1. The molecule has 2 heteroatoms. The zero-order valence-electron chi connectivity index (χ0n) is 10.5. The van der Waals surface area contributed by atoms with Crippen LogP contribution >= 0.6 is 0 Å². The summed E-state index contributed by atoms with van der Waals surface area (Å²) in [5, 5.41) is 3.44.